The van der Waals surface area contributed by atoms with E-state index < -0.39 is 0 Å². The van der Waals surface area contributed by atoms with Gasteiger partial charge in [0.05, 0.1) is 6.61 Å². The third kappa shape index (κ3) is 4.28. The van der Waals surface area contributed by atoms with Gasteiger partial charge < -0.3 is 10.1 Å². The minimum Gasteiger partial charge on any atom is -0.493 e. The maximum Gasteiger partial charge on any atom is 0.120 e. The molecule has 1 rings (SSSR count). The fraction of sp³-hybridized carbons (Fsp3) is 0.455. The highest BCUT2D eigenvalue weighted by molar-refractivity contribution is 14.1. The van der Waals surface area contributed by atoms with Crippen molar-refractivity contribution >= 4 is 22.6 Å². The smallest absolute Gasteiger partial charge is 0.120 e. The molecular weight excluding hydrogens is 289 g/mol. The molecule has 0 bridgehead atoms. The zero-order chi connectivity index (χ0) is 10.4. The van der Waals surface area contributed by atoms with Crippen LogP contribution in [0.3, 0.4) is 0 Å². The Labute approximate surface area is 99.2 Å². The second kappa shape index (κ2) is 6.24. The molecule has 0 aliphatic carbocycles. The van der Waals surface area contributed by atoms with Crippen molar-refractivity contribution in [2.75, 3.05) is 20.2 Å². The van der Waals surface area contributed by atoms with Crippen LogP contribution in [-0.4, -0.2) is 20.2 Å². The molecule has 0 heterocycles. The normalized spacial score (nSPS) is 12.5. The Morgan fingerprint density at radius 2 is 2.29 bits per heavy atom. The van der Waals surface area contributed by atoms with Crippen molar-refractivity contribution in [1.29, 1.82) is 0 Å². The average Bonchev–Trinajstić information content (AvgIpc) is 2.15. The summed E-state index contributed by atoms with van der Waals surface area (Å²) in [6, 6.07) is 8.12. The van der Waals surface area contributed by atoms with Crippen molar-refractivity contribution in [2.24, 2.45) is 5.92 Å². The molecule has 14 heavy (non-hydrogen) atoms. The van der Waals surface area contributed by atoms with Gasteiger partial charge in [0.1, 0.15) is 5.75 Å². The van der Waals surface area contributed by atoms with Crippen molar-refractivity contribution in [1.82, 2.24) is 5.32 Å². The third-order valence-electron chi connectivity index (χ3n) is 1.88. The lowest BCUT2D eigenvalue weighted by atomic mass is 10.2. The van der Waals surface area contributed by atoms with Crippen LogP contribution in [0.15, 0.2) is 24.3 Å². The van der Waals surface area contributed by atoms with Gasteiger partial charge in [-0.15, -0.1) is 0 Å². The summed E-state index contributed by atoms with van der Waals surface area (Å²) >= 11 is 2.29. The van der Waals surface area contributed by atoms with E-state index in [9.17, 15) is 0 Å². The molecule has 0 aromatic heterocycles. The van der Waals surface area contributed by atoms with E-state index in [0.29, 0.717) is 5.92 Å². The van der Waals surface area contributed by atoms with Crippen molar-refractivity contribution in [3.8, 4) is 5.75 Å². The predicted molar refractivity (Wildman–Crippen MR) is 67.7 cm³/mol. The van der Waals surface area contributed by atoms with E-state index in [1.54, 1.807) is 0 Å². The topological polar surface area (TPSA) is 21.3 Å². The van der Waals surface area contributed by atoms with E-state index in [0.717, 1.165) is 18.9 Å². The van der Waals surface area contributed by atoms with Gasteiger partial charge >= 0.3 is 0 Å². The van der Waals surface area contributed by atoms with Crippen LogP contribution in [0.1, 0.15) is 6.92 Å². The molecule has 0 saturated carbocycles. The predicted octanol–water partition coefficient (Wildman–Crippen LogP) is 2.53. The first-order chi connectivity index (χ1) is 6.72. The Morgan fingerprint density at radius 1 is 1.50 bits per heavy atom. The fourth-order valence-electron chi connectivity index (χ4n) is 1.20. The van der Waals surface area contributed by atoms with Gasteiger partial charge in [-0.2, -0.15) is 0 Å². The molecular formula is C11H16INO. The minimum atomic E-state index is 0.540. The number of benzene rings is 1. The quantitative estimate of drug-likeness (QED) is 0.844. The van der Waals surface area contributed by atoms with Crippen LogP contribution in [0, 0.1) is 9.49 Å². The fourth-order valence-corrected chi connectivity index (χ4v) is 1.72. The Balaban J connectivity index is 2.37. The summed E-state index contributed by atoms with van der Waals surface area (Å²) in [5, 5.41) is 3.13. The number of hydrogen-bond donors (Lipinski definition) is 1. The van der Waals surface area contributed by atoms with Crippen LogP contribution >= 0.6 is 22.6 Å². The number of halogens is 1. The summed E-state index contributed by atoms with van der Waals surface area (Å²) in [5.74, 6) is 1.50. The number of ether oxygens (including phenoxy) is 1. The monoisotopic (exact) mass is 305 g/mol. The van der Waals surface area contributed by atoms with Crippen LogP contribution < -0.4 is 10.1 Å². The largest absolute Gasteiger partial charge is 0.493 e. The molecule has 0 spiro atoms. The number of hydrogen-bond acceptors (Lipinski definition) is 2. The molecule has 0 aliphatic rings. The SMILES string of the molecule is CNCC(C)COc1cccc(I)c1. The van der Waals surface area contributed by atoms with Gasteiger partial charge in [-0.3, -0.25) is 0 Å². The van der Waals surface area contributed by atoms with E-state index >= 15 is 0 Å². The van der Waals surface area contributed by atoms with Crippen molar-refractivity contribution < 1.29 is 4.74 Å². The van der Waals surface area contributed by atoms with E-state index in [1.807, 2.05) is 25.2 Å². The first-order valence-electron chi connectivity index (χ1n) is 4.75. The van der Waals surface area contributed by atoms with Gasteiger partial charge in [0.15, 0.2) is 0 Å². The Kier molecular flexibility index (Phi) is 5.25. The van der Waals surface area contributed by atoms with Crippen molar-refractivity contribution in [3.63, 3.8) is 0 Å². The number of nitrogens with one attached hydrogen (secondary N) is 1. The van der Waals surface area contributed by atoms with Gasteiger partial charge in [-0.05, 0) is 47.8 Å². The van der Waals surface area contributed by atoms with Crippen LogP contribution in [-0.2, 0) is 0 Å². The van der Waals surface area contributed by atoms with Gasteiger partial charge in [-0.25, -0.2) is 0 Å². The summed E-state index contributed by atoms with van der Waals surface area (Å²) in [6.07, 6.45) is 0. The first-order valence-corrected chi connectivity index (χ1v) is 5.83. The molecule has 78 valence electrons. The van der Waals surface area contributed by atoms with Crippen LogP contribution in [0.5, 0.6) is 5.75 Å². The van der Waals surface area contributed by atoms with Crippen LogP contribution in [0.4, 0.5) is 0 Å². The maximum absolute atomic E-state index is 5.66. The molecule has 2 nitrogen and oxygen atoms in total. The Hall–Kier alpha value is -0.290. The highest BCUT2D eigenvalue weighted by Gasteiger charge is 2.01. The lowest BCUT2D eigenvalue weighted by Crippen LogP contribution is -2.21. The molecule has 1 aromatic rings. The number of rotatable bonds is 5. The Morgan fingerprint density at radius 3 is 2.93 bits per heavy atom. The second-order valence-corrected chi connectivity index (χ2v) is 4.68. The van der Waals surface area contributed by atoms with E-state index in [4.69, 9.17) is 4.74 Å². The lowest BCUT2D eigenvalue weighted by Gasteiger charge is -2.12. The maximum atomic E-state index is 5.66. The summed E-state index contributed by atoms with van der Waals surface area (Å²) in [4.78, 5) is 0. The molecule has 0 fully saturated rings. The summed E-state index contributed by atoms with van der Waals surface area (Å²) in [6.45, 7) is 3.93. The molecule has 0 saturated heterocycles. The summed E-state index contributed by atoms with van der Waals surface area (Å²) < 4.78 is 6.87. The van der Waals surface area contributed by atoms with Gasteiger partial charge in [0.2, 0.25) is 0 Å². The summed E-state index contributed by atoms with van der Waals surface area (Å²) in [5.41, 5.74) is 0. The standard InChI is InChI=1S/C11H16INO/c1-9(7-13-2)8-14-11-5-3-4-10(12)6-11/h3-6,9,13H,7-8H2,1-2H3. The lowest BCUT2D eigenvalue weighted by molar-refractivity contribution is 0.258. The van der Waals surface area contributed by atoms with E-state index in [-0.39, 0.29) is 0 Å². The Bertz CT molecular complexity index is 278. The second-order valence-electron chi connectivity index (χ2n) is 3.43. The van der Waals surface area contributed by atoms with Crippen molar-refractivity contribution in [2.45, 2.75) is 6.92 Å². The van der Waals surface area contributed by atoms with Gasteiger partial charge in [-0.1, -0.05) is 13.0 Å². The highest BCUT2D eigenvalue weighted by Crippen LogP contribution is 2.15. The van der Waals surface area contributed by atoms with E-state index in [1.165, 1.54) is 3.57 Å². The highest BCUT2D eigenvalue weighted by atomic mass is 127. The van der Waals surface area contributed by atoms with Crippen LogP contribution in [0.2, 0.25) is 0 Å². The zero-order valence-corrected chi connectivity index (χ0v) is 10.7. The zero-order valence-electron chi connectivity index (χ0n) is 8.59. The van der Waals surface area contributed by atoms with E-state index in [2.05, 4.69) is 40.9 Å². The van der Waals surface area contributed by atoms with Crippen LogP contribution in [0.25, 0.3) is 0 Å². The minimum absolute atomic E-state index is 0.540. The molecule has 1 atom stereocenters. The molecule has 1 N–H and O–H groups in total. The van der Waals surface area contributed by atoms with Crippen molar-refractivity contribution in [3.05, 3.63) is 27.8 Å². The molecule has 0 aliphatic heterocycles. The first kappa shape index (κ1) is 11.8. The van der Waals surface area contributed by atoms with Gasteiger partial charge in [0.25, 0.3) is 0 Å². The molecule has 3 heteroatoms. The average molecular weight is 305 g/mol. The van der Waals surface area contributed by atoms with Gasteiger partial charge in [0, 0.05) is 16.0 Å². The third-order valence-corrected chi connectivity index (χ3v) is 2.55. The molecule has 0 radical (unpaired) electrons. The molecule has 1 unspecified atom stereocenters. The summed E-state index contributed by atoms with van der Waals surface area (Å²) in [7, 11) is 1.96. The molecule has 0 amide bonds. The molecule has 1 aromatic carbocycles.